The Morgan fingerprint density at radius 2 is 2.04 bits per heavy atom. The molecule has 26 heavy (non-hydrogen) atoms. The summed E-state index contributed by atoms with van der Waals surface area (Å²) >= 11 is 7.35. The van der Waals surface area contributed by atoms with Gasteiger partial charge in [-0.15, -0.1) is 11.6 Å². The molecule has 0 radical (unpaired) electrons. The first-order chi connectivity index (χ1) is 12.3. The molecule has 0 amide bonds. The van der Waals surface area contributed by atoms with E-state index in [2.05, 4.69) is 6.92 Å². The zero-order chi connectivity index (χ0) is 18.3. The lowest BCUT2D eigenvalue weighted by Crippen LogP contribution is -2.64. The summed E-state index contributed by atoms with van der Waals surface area (Å²) in [4.78, 5) is 23.6. The number of ether oxygens (including phenoxy) is 2. The van der Waals surface area contributed by atoms with Gasteiger partial charge in [-0.25, -0.2) is 0 Å². The Hall–Kier alpha value is -0.610. The van der Waals surface area contributed by atoms with E-state index in [9.17, 15) is 9.59 Å². The van der Waals surface area contributed by atoms with Gasteiger partial charge >= 0.3 is 5.97 Å². The Balaban J connectivity index is 1.48. The molecule has 1 saturated heterocycles. The van der Waals surface area contributed by atoms with E-state index in [4.69, 9.17) is 21.1 Å². The molecule has 144 valence electrons. The molecule has 8 atom stereocenters. The number of ketones is 1. The first-order valence-electron chi connectivity index (χ1n) is 10.3. The highest BCUT2D eigenvalue weighted by Crippen LogP contribution is 2.71. The van der Waals surface area contributed by atoms with Gasteiger partial charge in [0.15, 0.2) is 0 Å². The normalized spacial score (nSPS) is 55.0. The summed E-state index contributed by atoms with van der Waals surface area (Å²) < 4.78 is 11.9. The van der Waals surface area contributed by atoms with Crippen LogP contribution in [-0.2, 0) is 19.1 Å². The lowest BCUT2D eigenvalue weighted by Gasteiger charge is -2.61. The van der Waals surface area contributed by atoms with Crippen LogP contribution in [0.1, 0.15) is 65.2 Å². The fourth-order valence-corrected chi connectivity index (χ4v) is 8.41. The van der Waals surface area contributed by atoms with Gasteiger partial charge in [0.1, 0.15) is 11.9 Å². The summed E-state index contributed by atoms with van der Waals surface area (Å²) in [5, 5.41) is 0. The molecular formula is C21H29ClO4. The second kappa shape index (κ2) is 5.47. The average molecular weight is 381 g/mol. The fraction of sp³-hybridized carbons (Fsp3) is 0.905. The Labute approximate surface area is 160 Å². The number of halogens is 1. The van der Waals surface area contributed by atoms with Crippen LogP contribution in [0.25, 0.3) is 0 Å². The van der Waals surface area contributed by atoms with Gasteiger partial charge in [0.25, 0.3) is 0 Å². The van der Waals surface area contributed by atoms with Gasteiger partial charge in [-0.2, -0.15) is 0 Å². The van der Waals surface area contributed by atoms with Crippen LogP contribution in [0.3, 0.4) is 0 Å². The van der Waals surface area contributed by atoms with E-state index in [-0.39, 0.29) is 29.0 Å². The van der Waals surface area contributed by atoms with Crippen LogP contribution in [0, 0.1) is 28.6 Å². The van der Waals surface area contributed by atoms with E-state index < -0.39 is 4.87 Å². The van der Waals surface area contributed by atoms with Gasteiger partial charge in [-0.3, -0.25) is 9.59 Å². The van der Waals surface area contributed by atoms with Crippen LogP contribution in [0.5, 0.6) is 0 Å². The number of esters is 1. The predicted molar refractivity (Wildman–Crippen MR) is 96.8 cm³/mol. The molecule has 0 N–H and O–H groups in total. The molecule has 4 nitrogen and oxygen atoms in total. The minimum absolute atomic E-state index is 0.00818. The van der Waals surface area contributed by atoms with Gasteiger partial charge in [0.2, 0.25) is 0 Å². The van der Waals surface area contributed by atoms with Crippen molar-refractivity contribution in [3.63, 3.8) is 0 Å². The number of carbonyl (C=O) groups is 2. The standard InChI is InChI=1S/C21H29ClO4/c1-12(23)26-13-5-8-20-11-25-18(21(20,22)10-13)9-14-15-3-4-17(24)19(15,2)7-6-16(14)20/h13-16,18H,3-11H2,1-2H3/t13-,14?,15?,16?,18+,19-,20-,21-/m0/s1. The Kier molecular flexibility index (Phi) is 3.68. The van der Waals surface area contributed by atoms with E-state index in [0.29, 0.717) is 30.0 Å². The number of hydrogen-bond acceptors (Lipinski definition) is 4. The largest absolute Gasteiger partial charge is 0.462 e. The Morgan fingerprint density at radius 1 is 1.23 bits per heavy atom. The Morgan fingerprint density at radius 3 is 2.81 bits per heavy atom. The second-order valence-corrected chi connectivity index (χ2v) is 10.5. The van der Waals surface area contributed by atoms with Crippen molar-refractivity contribution in [1.29, 1.82) is 0 Å². The van der Waals surface area contributed by atoms with Crippen LogP contribution in [0.4, 0.5) is 0 Å². The number of Topliss-reactive ketones (excluding diaryl/α,β-unsaturated/α-hetero) is 1. The molecule has 5 heteroatoms. The zero-order valence-electron chi connectivity index (χ0n) is 15.8. The van der Waals surface area contributed by atoms with Crippen molar-refractivity contribution in [3.05, 3.63) is 0 Å². The molecule has 5 aliphatic rings. The molecule has 1 aliphatic heterocycles. The lowest BCUT2D eigenvalue weighted by molar-refractivity contribution is -0.155. The topological polar surface area (TPSA) is 52.6 Å². The number of alkyl halides is 1. The molecule has 2 bridgehead atoms. The van der Waals surface area contributed by atoms with Gasteiger partial charge in [0.05, 0.1) is 17.6 Å². The third-order valence-electron chi connectivity index (χ3n) is 8.99. The number of hydrogen-bond donors (Lipinski definition) is 0. The minimum atomic E-state index is -0.414. The van der Waals surface area contributed by atoms with E-state index in [1.54, 1.807) is 0 Å². The predicted octanol–water partition coefficient (Wildman–Crippen LogP) is 3.88. The van der Waals surface area contributed by atoms with Crippen molar-refractivity contribution < 1.29 is 19.1 Å². The van der Waals surface area contributed by atoms with E-state index >= 15 is 0 Å². The summed E-state index contributed by atoms with van der Waals surface area (Å²) in [6.45, 7) is 4.43. The summed E-state index contributed by atoms with van der Waals surface area (Å²) in [5.74, 6) is 1.87. The number of carbonyl (C=O) groups excluding carboxylic acids is 2. The molecule has 5 rings (SSSR count). The quantitative estimate of drug-likeness (QED) is 0.511. The van der Waals surface area contributed by atoms with Crippen molar-refractivity contribution in [2.45, 2.75) is 82.3 Å². The summed E-state index contributed by atoms with van der Waals surface area (Å²) in [6.07, 6.45) is 7.38. The highest BCUT2D eigenvalue weighted by atomic mass is 35.5. The first kappa shape index (κ1) is 17.5. The molecule has 0 spiro atoms. The zero-order valence-corrected chi connectivity index (χ0v) is 16.5. The van der Waals surface area contributed by atoms with Gasteiger partial charge in [-0.1, -0.05) is 6.92 Å². The number of fused-ring (bicyclic) bond motifs is 3. The van der Waals surface area contributed by atoms with Crippen LogP contribution in [-0.4, -0.2) is 35.4 Å². The van der Waals surface area contributed by atoms with Crippen molar-refractivity contribution in [1.82, 2.24) is 0 Å². The molecule has 0 aromatic carbocycles. The van der Waals surface area contributed by atoms with Crippen molar-refractivity contribution in [2.24, 2.45) is 28.6 Å². The van der Waals surface area contributed by atoms with Crippen LogP contribution in [0.2, 0.25) is 0 Å². The SMILES string of the molecule is CC(=O)O[C@H]1CC[C@]23CO[C@H](CC4C2CC[C@]2(C)C(=O)CCC42)[C@@]3(Cl)C1. The monoisotopic (exact) mass is 380 g/mol. The van der Waals surface area contributed by atoms with Gasteiger partial charge in [-0.05, 0) is 56.3 Å². The highest BCUT2D eigenvalue weighted by molar-refractivity contribution is 6.25. The first-order valence-corrected chi connectivity index (χ1v) is 10.7. The average Bonchev–Trinajstić information content (AvgIpc) is 2.95. The van der Waals surface area contributed by atoms with E-state index in [0.717, 1.165) is 51.6 Å². The van der Waals surface area contributed by atoms with E-state index in [1.165, 1.54) is 6.92 Å². The highest BCUT2D eigenvalue weighted by Gasteiger charge is 2.72. The molecule has 5 fully saturated rings. The van der Waals surface area contributed by atoms with Crippen LogP contribution >= 0.6 is 11.6 Å². The van der Waals surface area contributed by atoms with Crippen LogP contribution < -0.4 is 0 Å². The van der Waals surface area contributed by atoms with Gasteiger partial charge in [0, 0.05) is 30.6 Å². The fourth-order valence-electron chi connectivity index (χ4n) is 7.80. The second-order valence-electron chi connectivity index (χ2n) is 9.82. The summed E-state index contributed by atoms with van der Waals surface area (Å²) in [7, 11) is 0. The molecule has 0 aromatic rings. The maximum Gasteiger partial charge on any atom is 0.302 e. The van der Waals surface area contributed by atoms with Crippen molar-refractivity contribution >= 4 is 23.4 Å². The minimum Gasteiger partial charge on any atom is -0.462 e. The van der Waals surface area contributed by atoms with Crippen LogP contribution in [0.15, 0.2) is 0 Å². The number of rotatable bonds is 1. The Bertz CT molecular complexity index is 664. The molecule has 4 aliphatic carbocycles. The van der Waals surface area contributed by atoms with Gasteiger partial charge < -0.3 is 9.47 Å². The lowest BCUT2D eigenvalue weighted by atomic mass is 9.45. The maximum atomic E-state index is 12.6. The van der Waals surface area contributed by atoms with Crippen molar-refractivity contribution in [2.75, 3.05) is 6.61 Å². The van der Waals surface area contributed by atoms with E-state index in [1.807, 2.05) is 0 Å². The maximum absolute atomic E-state index is 12.6. The molecule has 1 heterocycles. The van der Waals surface area contributed by atoms with Crippen molar-refractivity contribution in [3.8, 4) is 0 Å². The molecule has 4 saturated carbocycles. The summed E-state index contributed by atoms with van der Waals surface area (Å²) in [5.41, 5.74) is -0.121. The molecular weight excluding hydrogens is 352 g/mol. The molecule has 3 unspecified atom stereocenters. The molecule has 0 aromatic heterocycles. The smallest absolute Gasteiger partial charge is 0.302 e. The third-order valence-corrected chi connectivity index (χ3v) is 9.77. The summed E-state index contributed by atoms with van der Waals surface area (Å²) in [6, 6.07) is 0. The third kappa shape index (κ3) is 2.01.